The highest BCUT2D eigenvalue weighted by molar-refractivity contribution is 5.95. The number of likely N-dealkylation sites (tertiary alicyclic amines) is 1. The number of hydrogen-bond donors (Lipinski definition) is 1. The second-order valence-electron chi connectivity index (χ2n) is 8.80. The number of piperidine rings is 1. The topological polar surface area (TPSA) is 81.8 Å². The Kier molecular flexibility index (Phi) is 6.92. The summed E-state index contributed by atoms with van der Waals surface area (Å²) in [5, 5.41) is 7.37. The van der Waals surface area contributed by atoms with Crippen molar-refractivity contribution in [1.82, 2.24) is 24.9 Å². The Balaban J connectivity index is 1.35. The monoisotopic (exact) mass is 417 g/mol. The Bertz CT molecular complexity index is 722. The van der Waals surface area contributed by atoms with Crippen molar-refractivity contribution in [3.05, 3.63) is 17.5 Å². The summed E-state index contributed by atoms with van der Waals surface area (Å²) < 4.78 is 5.12. The van der Waals surface area contributed by atoms with Crippen LogP contribution in [0.5, 0.6) is 0 Å². The van der Waals surface area contributed by atoms with E-state index >= 15 is 0 Å². The van der Waals surface area contributed by atoms with Crippen molar-refractivity contribution in [3.63, 3.8) is 0 Å². The lowest BCUT2D eigenvalue weighted by molar-refractivity contribution is 0.0377. The van der Waals surface area contributed by atoms with Gasteiger partial charge < -0.3 is 14.5 Å². The van der Waals surface area contributed by atoms with Crippen molar-refractivity contribution >= 4 is 12.0 Å². The van der Waals surface area contributed by atoms with E-state index in [4.69, 9.17) is 4.74 Å². The van der Waals surface area contributed by atoms with Crippen molar-refractivity contribution in [2.24, 2.45) is 0 Å². The van der Waals surface area contributed by atoms with E-state index in [1.54, 1.807) is 11.1 Å². The molecule has 1 aromatic heterocycles. The Hall–Kier alpha value is -2.09. The SMILES string of the molecule is CCOC(=O)N1CCN([C@@H]2CCCN(C(=O)c3cn[nH]c3C3CCCCC3)C2)CC1. The van der Waals surface area contributed by atoms with Crippen LogP contribution in [0, 0.1) is 0 Å². The minimum atomic E-state index is -0.215. The highest BCUT2D eigenvalue weighted by Gasteiger charge is 2.33. The maximum absolute atomic E-state index is 13.3. The summed E-state index contributed by atoms with van der Waals surface area (Å²) in [6.45, 7) is 6.88. The summed E-state index contributed by atoms with van der Waals surface area (Å²) in [6, 6.07) is 0.358. The molecule has 2 saturated heterocycles. The van der Waals surface area contributed by atoms with Crippen LogP contribution < -0.4 is 0 Å². The van der Waals surface area contributed by atoms with Crippen LogP contribution in [0.1, 0.15) is 73.8 Å². The van der Waals surface area contributed by atoms with E-state index in [1.165, 1.54) is 19.3 Å². The Morgan fingerprint density at radius 2 is 1.80 bits per heavy atom. The predicted octanol–water partition coefficient (Wildman–Crippen LogP) is 2.84. The zero-order valence-corrected chi connectivity index (χ0v) is 18.1. The number of ether oxygens (including phenoxy) is 1. The van der Waals surface area contributed by atoms with Crippen LogP contribution in [0.2, 0.25) is 0 Å². The number of H-pyrrole nitrogens is 1. The van der Waals surface area contributed by atoms with Crippen molar-refractivity contribution < 1.29 is 14.3 Å². The van der Waals surface area contributed by atoms with Crippen LogP contribution in [0.25, 0.3) is 0 Å². The van der Waals surface area contributed by atoms with E-state index in [0.717, 1.165) is 63.1 Å². The first-order chi connectivity index (χ1) is 14.7. The fourth-order valence-corrected chi connectivity index (χ4v) is 5.26. The molecule has 3 aliphatic rings. The Morgan fingerprint density at radius 3 is 2.53 bits per heavy atom. The lowest BCUT2D eigenvalue weighted by Gasteiger charge is -2.43. The number of piperazine rings is 1. The van der Waals surface area contributed by atoms with Crippen LogP contribution >= 0.6 is 0 Å². The minimum Gasteiger partial charge on any atom is -0.450 e. The second kappa shape index (κ2) is 9.81. The summed E-state index contributed by atoms with van der Waals surface area (Å²) in [5.41, 5.74) is 1.82. The summed E-state index contributed by atoms with van der Waals surface area (Å²) >= 11 is 0. The molecule has 1 atom stereocenters. The van der Waals surface area contributed by atoms with Crippen LogP contribution in [0.15, 0.2) is 6.20 Å². The lowest BCUT2D eigenvalue weighted by atomic mass is 9.85. The molecule has 3 fully saturated rings. The smallest absolute Gasteiger partial charge is 0.409 e. The van der Waals surface area contributed by atoms with Gasteiger partial charge in [0.1, 0.15) is 0 Å². The van der Waals surface area contributed by atoms with Crippen LogP contribution in [0.3, 0.4) is 0 Å². The van der Waals surface area contributed by atoms with Gasteiger partial charge in [-0.15, -0.1) is 0 Å². The van der Waals surface area contributed by atoms with E-state index in [2.05, 4.69) is 15.1 Å². The van der Waals surface area contributed by atoms with Gasteiger partial charge in [-0.25, -0.2) is 4.79 Å². The van der Waals surface area contributed by atoms with Gasteiger partial charge in [0.05, 0.1) is 24.1 Å². The molecule has 8 nitrogen and oxygen atoms in total. The van der Waals surface area contributed by atoms with Crippen molar-refractivity contribution in [1.29, 1.82) is 0 Å². The molecule has 0 bridgehead atoms. The number of carbonyl (C=O) groups excluding carboxylic acids is 2. The fraction of sp³-hybridized carbons (Fsp3) is 0.773. The van der Waals surface area contributed by atoms with Gasteiger partial charge in [0.25, 0.3) is 5.91 Å². The van der Waals surface area contributed by atoms with E-state index < -0.39 is 0 Å². The van der Waals surface area contributed by atoms with E-state index in [0.29, 0.717) is 31.7 Å². The summed E-state index contributed by atoms with van der Waals surface area (Å²) in [4.78, 5) is 31.5. The van der Waals surface area contributed by atoms with Crippen molar-refractivity contribution in [2.75, 3.05) is 45.9 Å². The quantitative estimate of drug-likeness (QED) is 0.815. The number of nitrogens with one attached hydrogen (secondary N) is 1. The first-order valence-corrected chi connectivity index (χ1v) is 11.7. The molecule has 0 radical (unpaired) electrons. The van der Waals surface area contributed by atoms with Gasteiger partial charge in [0, 0.05) is 51.2 Å². The number of hydrogen-bond acceptors (Lipinski definition) is 5. The largest absolute Gasteiger partial charge is 0.450 e. The molecule has 2 amide bonds. The number of amides is 2. The molecule has 30 heavy (non-hydrogen) atoms. The first-order valence-electron chi connectivity index (χ1n) is 11.7. The van der Waals surface area contributed by atoms with Crippen LogP contribution in [-0.2, 0) is 4.74 Å². The van der Waals surface area contributed by atoms with Gasteiger partial charge in [-0.3, -0.25) is 14.8 Å². The van der Waals surface area contributed by atoms with E-state index in [-0.39, 0.29) is 12.0 Å². The third-order valence-electron chi connectivity index (χ3n) is 6.95. The van der Waals surface area contributed by atoms with E-state index in [9.17, 15) is 9.59 Å². The van der Waals surface area contributed by atoms with Gasteiger partial charge in [0.2, 0.25) is 0 Å². The van der Waals surface area contributed by atoms with E-state index in [1.807, 2.05) is 11.8 Å². The zero-order valence-electron chi connectivity index (χ0n) is 18.1. The number of aromatic amines is 1. The van der Waals surface area contributed by atoms with Crippen molar-refractivity contribution in [2.45, 2.75) is 63.8 Å². The standard InChI is InChI=1S/C22H35N5O3/c1-2-30-22(29)26-13-11-25(12-14-26)18-9-6-10-27(16-18)21(28)19-15-23-24-20(19)17-7-4-3-5-8-17/h15,17-18H,2-14,16H2,1H3,(H,23,24)/t18-/m1/s1. The Labute approximate surface area is 178 Å². The van der Waals surface area contributed by atoms with Gasteiger partial charge in [-0.2, -0.15) is 5.10 Å². The second-order valence-corrected chi connectivity index (χ2v) is 8.80. The predicted molar refractivity (Wildman–Crippen MR) is 114 cm³/mol. The third-order valence-corrected chi connectivity index (χ3v) is 6.95. The highest BCUT2D eigenvalue weighted by atomic mass is 16.6. The van der Waals surface area contributed by atoms with Crippen LogP contribution in [0.4, 0.5) is 4.79 Å². The zero-order chi connectivity index (χ0) is 20.9. The van der Waals surface area contributed by atoms with Crippen molar-refractivity contribution in [3.8, 4) is 0 Å². The average Bonchev–Trinajstić information content (AvgIpc) is 3.29. The highest BCUT2D eigenvalue weighted by Crippen LogP contribution is 2.33. The molecule has 8 heteroatoms. The maximum atomic E-state index is 13.3. The molecular weight excluding hydrogens is 382 g/mol. The van der Waals surface area contributed by atoms with Crippen LogP contribution in [-0.4, -0.2) is 88.8 Å². The van der Waals surface area contributed by atoms with Gasteiger partial charge in [-0.05, 0) is 32.6 Å². The van der Waals surface area contributed by atoms with Gasteiger partial charge in [-0.1, -0.05) is 19.3 Å². The molecule has 0 spiro atoms. The molecule has 1 aliphatic carbocycles. The molecule has 2 aliphatic heterocycles. The molecule has 0 aromatic carbocycles. The maximum Gasteiger partial charge on any atom is 0.409 e. The number of rotatable bonds is 4. The van der Waals surface area contributed by atoms with Gasteiger partial charge in [0.15, 0.2) is 0 Å². The lowest BCUT2D eigenvalue weighted by Crippen LogP contribution is -2.56. The van der Waals surface area contributed by atoms with Gasteiger partial charge >= 0.3 is 6.09 Å². The third kappa shape index (κ3) is 4.63. The molecule has 3 heterocycles. The molecule has 166 valence electrons. The summed E-state index contributed by atoms with van der Waals surface area (Å²) in [6.07, 6.45) is 9.70. The first kappa shape index (κ1) is 21.2. The molecular formula is C22H35N5O3. The molecule has 4 rings (SSSR count). The molecule has 0 unspecified atom stereocenters. The minimum absolute atomic E-state index is 0.124. The summed E-state index contributed by atoms with van der Waals surface area (Å²) in [7, 11) is 0. The summed E-state index contributed by atoms with van der Waals surface area (Å²) in [5.74, 6) is 0.566. The number of aromatic nitrogens is 2. The number of nitrogens with zero attached hydrogens (tertiary/aromatic N) is 4. The Morgan fingerprint density at radius 1 is 1.03 bits per heavy atom. The molecule has 1 saturated carbocycles. The number of carbonyl (C=O) groups is 2. The normalized spacial score (nSPS) is 24.1. The molecule has 1 aromatic rings. The fourth-order valence-electron chi connectivity index (χ4n) is 5.26. The molecule has 1 N–H and O–H groups in total. The average molecular weight is 418 g/mol.